The third-order valence-corrected chi connectivity index (χ3v) is 5.93. The van der Waals surface area contributed by atoms with Crippen molar-refractivity contribution in [3.05, 3.63) is 35.7 Å². The molecule has 7 heteroatoms. The molecule has 2 N–H and O–H groups in total. The summed E-state index contributed by atoms with van der Waals surface area (Å²) in [6.45, 7) is 9.18. The topological polar surface area (TPSA) is 57.5 Å². The predicted octanol–water partition coefficient (Wildman–Crippen LogP) is 3.26. The van der Waals surface area contributed by atoms with E-state index in [9.17, 15) is 0 Å². The Morgan fingerprint density at radius 3 is 2.85 bits per heavy atom. The van der Waals surface area contributed by atoms with E-state index >= 15 is 0 Å². The lowest BCUT2D eigenvalue weighted by molar-refractivity contribution is 0.462. The maximum Gasteiger partial charge on any atom is 0.191 e. The molecule has 3 rings (SSSR count). The first-order valence-corrected chi connectivity index (χ1v) is 10.9. The number of nitrogens with zero attached hydrogens (tertiary/aromatic N) is 4. The second kappa shape index (κ2) is 10.3. The molecule has 2 aromatic heterocycles. The van der Waals surface area contributed by atoms with Gasteiger partial charge >= 0.3 is 0 Å². The van der Waals surface area contributed by atoms with Crippen LogP contribution in [-0.4, -0.2) is 47.7 Å². The van der Waals surface area contributed by atoms with E-state index in [-0.39, 0.29) is 0 Å². The average molecular weight is 389 g/mol. The minimum atomic E-state index is 0.507. The van der Waals surface area contributed by atoms with Crippen molar-refractivity contribution >= 4 is 22.3 Å². The largest absolute Gasteiger partial charge is 0.363 e. The number of unbranched alkanes of at least 4 members (excludes halogenated alkanes) is 1. The summed E-state index contributed by atoms with van der Waals surface area (Å²) in [5.74, 6) is 2.05. The van der Waals surface area contributed by atoms with Gasteiger partial charge in [-0.15, -0.1) is 11.3 Å². The van der Waals surface area contributed by atoms with Gasteiger partial charge in [0.2, 0.25) is 0 Å². The number of imidazole rings is 1. The monoisotopic (exact) mass is 388 g/mol. The lowest BCUT2D eigenvalue weighted by atomic mass is 10.1. The number of anilines is 1. The van der Waals surface area contributed by atoms with Crippen molar-refractivity contribution in [3.63, 3.8) is 0 Å². The number of aliphatic imine (C=N–C) groups is 1. The Balaban J connectivity index is 1.39. The lowest BCUT2D eigenvalue weighted by Crippen LogP contribution is -2.48. The van der Waals surface area contributed by atoms with E-state index in [0.29, 0.717) is 6.04 Å². The molecule has 3 heterocycles. The summed E-state index contributed by atoms with van der Waals surface area (Å²) < 4.78 is 2.20. The summed E-state index contributed by atoms with van der Waals surface area (Å²) in [7, 11) is 0. The average Bonchev–Trinajstić information content (AvgIpc) is 3.34. The minimum absolute atomic E-state index is 0.507. The van der Waals surface area contributed by atoms with E-state index in [4.69, 9.17) is 4.99 Å². The van der Waals surface area contributed by atoms with Crippen LogP contribution in [0.1, 0.15) is 38.4 Å². The Bertz CT molecular complexity index is 685. The molecular formula is C20H32N6S. The molecule has 2 aromatic rings. The van der Waals surface area contributed by atoms with E-state index in [1.165, 1.54) is 5.00 Å². The van der Waals surface area contributed by atoms with Crippen LogP contribution in [0.25, 0.3) is 0 Å². The molecule has 1 fully saturated rings. The van der Waals surface area contributed by atoms with Crippen molar-refractivity contribution in [2.45, 2.75) is 52.1 Å². The van der Waals surface area contributed by atoms with Gasteiger partial charge in [-0.2, -0.15) is 0 Å². The molecule has 0 aromatic carbocycles. The summed E-state index contributed by atoms with van der Waals surface area (Å²) in [4.78, 5) is 11.5. The van der Waals surface area contributed by atoms with Crippen LogP contribution < -0.4 is 15.5 Å². The fraction of sp³-hybridized carbons (Fsp3) is 0.600. The van der Waals surface area contributed by atoms with Gasteiger partial charge in [-0.3, -0.25) is 4.99 Å². The van der Waals surface area contributed by atoms with Gasteiger partial charge in [-0.25, -0.2) is 4.98 Å². The smallest absolute Gasteiger partial charge is 0.191 e. The van der Waals surface area contributed by atoms with Gasteiger partial charge in [0.25, 0.3) is 0 Å². The molecule has 0 aliphatic carbocycles. The molecule has 1 saturated heterocycles. The van der Waals surface area contributed by atoms with Crippen molar-refractivity contribution in [2.24, 2.45) is 4.99 Å². The number of aryl methyl sites for hydroxylation is 2. The Morgan fingerprint density at radius 2 is 2.19 bits per heavy atom. The van der Waals surface area contributed by atoms with Gasteiger partial charge in [-0.1, -0.05) is 0 Å². The van der Waals surface area contributed by atoms with Crippen molar-refractivity contribution in [1.82, 2.24) is 20.2 Å². The molecule has 0 amide bonds. The normalized spacial score (nSPS) is 15.9. The van der Waals surface area contributed by atoms with Crippen LogP contribution in [0.5, 0.6) is 0 Å². The van der Waals surface area contributed by atoms with Crippen LogP contribution in [0, 0.1) is 6.92 Å². The van der Waals surface area contributed by atoms with Crippen LogP contribution in [-0.2, 0) is 6.54 Å². The molecule has 1 aliphatic heterocycles. The van der Waals surface area contributed by atoms with Crippen molar-refractivity contribution in [1.29, 1.82) is 0 Å². The molecule has 0 atom stereocenters. The van der Waals surface area contributed by atoms with E-state index < -0.39 is 0 Å². The standard InChI is InChI=1S/C20H32N6S/c1-3-21-20(23-10-4-5-12-25-15-11-22-17(25)2)24-18-8-13-26(14-9-18)19-7-6-16-27-19/h6-7,11,15-16,18H,3-5,8-10,12-14H2,1-2H3,(H2,21,23,24). The summed E-state index contributed by atoms with van der Waals surface area (Å²) in [5.41, 5.74) is 0. The number of aromatic nitrogens is 2. The first-order valence-electron chi connectivity index (χ1n) is 10.1. The number of piperidine rings is 1. The Labute approximate surface area is 166 Å². The van der Waals surface area contributed by atoms with Gasteiger partial charge < -0.3 is 20.1 Å². The molecule has 0 spiro atoms. The van der Waals surface area contributed by atoms with Crippen LogP contribution in [0.4, 0.5) is 5.00 Å². The number of guanidine groups is 1. The summed E-state index contributed by atoms with van der Waals surface area (Å²) in [5, 5.41) is 10.6. The number of hydrogen-bond donors (Lipinski definition) is 2. The molecular weight excluding hydrogens is 356 g/mol. The molecule has 0 radical (unpaired) electrons. The zero-order valence-corrected chi connectivity index (χ0v) is 17.3. The number of rotatable bonds is 8. The summed E-state index contributed by atoms with van der Waals surface area (Å²) in [6, 6.07) is 4.86. The minimum Gasteiger partial charge on any atom is -0.363 e. The first-order chi connectivity index (χ1) is 13.3. The molecule has 0 unspecified atom stereocenters. The van der Waals surface area contributed by atoms with Gasteiger partial charge in [0.05, 0.1) is 5.00 Å². The SMILES string of the molecule is CCNC(=NCCCCn1ccnc1C)NC1CCN(c2cccs2)CC1. The van der Waals surface area contributed by atoms with Crippen molar-refractivity contribution in [3.8, 4) is 0 Å². The van der Waals surface area contributed by atoms with Crippen molar-refractivity contribution < 1.29 is 0 Å². The highest BCUT2D eigenvalue weighted by Crippen LogP contribution is 2.24. The van der Waals surface area contributed by atoms with Gasteiger partial charge in [0, 0.05) is 51.2 Å². The molecule has 0 bridgehead atoms. The molecule has 6 nitrogen and oxygen atoms in total. The second-order valence-corrected chi connectivity index (χ2v) is 7.92. The predicted molar refractivity (Wildman–Crippen MR) is 115 cm³/mol. The first kappa shape index (κ1) is 19.7. The van der Waals surface area contributed by atoms with E-state index in [1.807, 2.05) is 23.7 Å². The third-order valence-electron chi connectivity index (χ3n) is 5.00. The van der Waals surface area contributed by atoms with Crippen LogP contribution in [0.15, 0.2) is 34.9 Å². The van der Waals surface area contributed by atoms with Gasteiger partial charge in [0.15, 0.2) is 5.96 Å². The molecule has 148 valence electrons. The number of thiophene rings is 1. The zero-order valence-electron chi connectivity index (χ0n) is 16.5. The Kier molecular flexibility index (Phi) is 7.56. The lowest BCUT2D eigenvalue weighted by Gasteiger charge is -2.33. The highest BCUT2D eigenvalue weighted by atomic mass is 32.1. The van der Waals surface area contributed by atoms with Gasteiger partial charge in [0.1, 0.15) is 5.82 Å². The fourth-order valence-electron chi connectivity index (χ4n) is 3.43. The van der Waals surface area contributed by atoms with E-state index in [1.54, 1.807) is 0 Å². The fourth-order valence-corrected chi connectivity index (χ4v) is 4.22. The third kappa shape index (κ3) is 5.99. The maximum absolute atomic E-state index is 4.78. The van der Waals surface area contributed by atoms with Crippen molar-refractivity contribution in [2.75, 3.05) is 31.1 Å². The Morgan fingerprint density at radius 1 is 1.33 bits per heavy atom. The zero-order chi connectivity index (χ0) is 18.9. The second-order valence-electron chi connectivity index (χ2n) is 6.99. The Hall–Kier alpha value is -2.02. The molecule has 0 saturated carbocycles. The summed E-state index contributed by atoms with van der Waals surface area (Å²) in [6.07, 6.45) is 8.44. The highest BCUT2D eigenvalue weighted by Gasteiger charge is 2.20. The van der Waals surface area contributed by atoms with Crippen LogP contribution in [0.3, 0.4) is 0 Å². The quantitative estimate of drug-likeness (QED) is 0.414. The van der Waals surface area contributed by atoms with Crippen LogP contribution in [0.2, 0.25) is 0 Å². The maximum atomic E-state index is 4.78. The number of hydrogen-bond acceptors (Lipinski definition) is 4. The highest BCUT2D eigenvalue weighted by molar-refractivity contribution is 7.14. The molecule has 1 aliphatic rings. The van der Waals surface area contributed by atoms with Crippen LogP contribution >= 0.6 is 11.3 Å². The molecule has 27 heavy (non-hydrogen) atoms. The van der Waals surface area contributed by atoms with E-state index in [0.717, 1.165) is 70.2 Å². The number of nitrogens with one attached hydrogen (secondary N) is 2. The summed E-state index contributed by atoms with van der Waals surface area (Å²) >= 11 is 1.83. The van der Waals surface area contributed by atoms with E-state index in [2.05, 4.69) is 56.4 Å². The van der Waals surface area contributed by atoms with Gasteiger partial charge in [-0.05, 0) is 57.0 Å².